The lowest BCUT2D eigenvalue weighted by molar-refractivity contribution is 0.318. The lowest BCUT2D eigenvalue weighted by Gasteiger charge is -2.12. The first-order valence-electron chi connectivity index (χ1n) is 7.68. The fourth-order valence-electron chi connectivity index (χ4n) is 2.35. The molecule has 0 aliphatic rings. The fourth-order valence-corrected chi connectivity index (χ4v) is 3.39. The van der Waals surface area contributed by atoms with E-state index in [-0.39, 0.29) is 12.3 Å². The molecule has 2 rings (SSSR count). The van der Waals surface area contributed by atoms with Crippen molar-refractivity contribution in [2.75, 3.05) is 18.9 Å². The molecule has 0 atom stereocenters. The van der Waals surface area contributed by atoms with Gasteiger partial charge in [-0.1, -0.05) is 48.5 Å². The molecule has 0 aliphatic heterocycles. The largest absolute Gasteiger partial charge is 0.492 e. The van der Waals surface area contributed by atoms with Crippen molar-refractivity contribution in [3.63, 3.8) is 0 Å². The van der Waals surface area contributed by atoms with Gasteiger partial charge in [-0.2, -0.15) is 0 Å². The predicted molar refractivity (Wildman–Crippen MR) is 93.3 cm³/mol. The number of aryl methyl sites for hydroxylation is 3. The first kappa shape index (κ1) is 17.5. The standard InChI is InChI=1S/C18H23NO3S/c1-15-7-6-8-16(2)18(15)22-13-12-19-23(20,21)14-11-17-9-4-3-5-10-17/h3-10,19H,11-14H2,1-2H3. The summed E-state index contributed by atoms with van der Waals surface area (Å²) in [5.41, 5.74) is 3.12. The lowest BCUT2D eigenvalue weighted by atomic mass is 10.1. The summed E-state index contributed by atoms with van der Waals surface area (Å²) in [6, 6.07) is 15.5. The zero-order chi connectivity index (χ0) is 16.7. The molecular weight excluding hydrogens is 310 g/mol. The molecule has 2 aromatic carbocycles. The third-order valence-electron chi connectivity index (χ3n) is 3.58. The quantitative estimate of drug-likeness (QED) is 0.756. The first-order chi connectivity index (χ1) is 11.0. The summed E-state index contributed by atoms with van der Waals surface area (Å²) in [5, 5.41) is 0. The van der Waals surface area contributed by atoms with Crippen LogP contribution in [-0.4, -0.2) is 27.3 Å². The van der Waals surface area contributed by atoms with Crippen molar-refractivity contribution in [3.05, 3.63) is 65.2 Å². The molecule has 0 bridgehead atoms. The number of ether oxygens (including phenoxy) is 1. The van der Waals surface area contributed by atoms with Crippen LogP contribution in [0.5, 0.6) is 5.75 Å². The Kier molecular flexibility index (Phi) is 6.19. The summed E-state index contributed by atoms with van der Waals surface area (Å²) in [6.07, 6.45) is 0.508. The van der Waals surface area contributed by atoms with Crippen LogP contribution in [0.25, 0.3) is 0 Å². The number of rotatable bonds is 8. The highest BCUT2D eigenvalue weighted by atomic mass is 32.2. The molecular formula is C18H23NO3S. The minimum Gasteiger partial charge on any atom is -0.492 e. The normalized spacial score (nSPS) is 11.4. The van der Waals surface area contributed by atoms with Gasteiger partial charge in [0.05, 0.1) is 5.75 Å². The van der Waals surface area contributed by atoms with Crippen molar-refractivity contribution in [1.29, 1.82) is 0 Å². The van der Waals surface area contributed by atoms with Gasteiger partial charge in [-0.3, -0.25) is 0 Å². The van der Waals surface area contributed by atoms with E-state index >= 15 is 0 Å². The van der Waals surface area contributed by atoms with Crippen LogP contribution in [0.4, 0.5) is 0 Å². The highest BCUT2D eigenvalue weighted by Gasteiger charge is 2.10. The van der Waals surface area contributed by atoms with Crippen molar-refractivity contribution >= 4 is 10.0 Å². The van der Waals surface area contributed by atoms with Crippen molar-refractivity contribution < 1.29 is 13.2 Å². The number of para-hydroxylation sites is 1. The van der Waals surface area contributed by atoms with Gasteiger partial charge in [-0.05, 0) is 37.0 Å². The minimum absolute atomic E-state index is 0.0837. The molecule has 4 nitrogen and oxygen atoms in total. The van der Waals surface area contributed by atoms with Gasteiger partial charge >= 0.3 is 0 Å². The maximum absolute atomic E-state index is 12.0. The van der Waals surface area contributed by atoms with E-state index < -0.39 is 10.0 Å². The molecule has 0 heterocycles. The maximum Gasteiger partial charge on any atom is 0.212 e. The molecule has 0 spiro atoms. The van der Waals surface area contributed by atoms with Crippen molar-refractivity contribution in [1.82, 2.24) is 4.72 Å². The molecule has 0 saturated carbocycles. The molecule has 0 aromatic heterocycles. The Bertz CT molecular complexity index is 707. The van der Waals surface area contributed by atoms with E-state index in [0.717, 1.165) is 22.4 Å². The summed E-state index contributed by atoms with van der Waals surface area (Å²) in [6.45, 7) is 4.54. The second kappa shape index (κ2) is 8.13. The number of hydrogen-bond donors (Lipinski definition) is 1. The molecule has 0 aliphatic carbocycles. The molecule has 23 heavy (non-hydrogen) atoms. The van der Waals surface area contributed by atoms with Gasteiger partial charge < -0.3 is 4.74 Å². The summed E-state index contributed by atoms with van der Waals surface area (Å²) >= 11 is 0. The van der Waals surface area contributed by atoms with E-state index in [0.29, 0.717) is 13.0 Å². The smallest absolute Gasteiger partial charge is 0.212 e. The average Bonchev–Trinajstić information content (AvgIpc) is 2.53. The van der Waals surface area contributed by atoms with Gasteiger partial charge in [0.1, 0.15) is 12.4 Å². The summed E-state index contributed by atoms with van der Waals surface area (Å²) in [4.78, 5) is 0. The number of sulfonamides is 1. The van der Waals surface area contributed by atoms with E-state index in [9.17, 15) is 8.42 Å². The Hall–Kier alpha value is -1.85. The third-order valence-corrected chi connectivity index (χ3v) is 4.97. The second-order valence-electron chi connectivity index (χ2n) is 5.52. The minimum atomic E-state index is -3.28. The molecule has 5 heteroatoms. The summed E-state index contributed by atoms with van der Waals surface area (Å²) in [7, 11) is -3.28. The lowest BCUT2D eigenvalue weighted by Crippen LogP contribution is -2.31. The predicted octanol–water partition coefficient (Wildman–Crippen LogP) is 2.84. The molecule has 0 fully saturated rings. The highest BCUT2D eigenvalue weighted by molar-refractivity contribution is 7.89. The second-order valence-corrected chi connectivity index (χ2v) is 7.44. The van der Waals surface area contributed by atoms with Crippen molar-refractivity contribution in [3.8, 4) is 5.75 Å². The molecule has 0 amide bonds. The topological polar surface area (TPSA) is 55.4 Å². The molecule has 1 N–H and O–H groups in total. The SMILES string of the molecule is Cc1cccc(C)c1OCCNS(=O)(=O)CCc1ccccc1. The first-order valence-corrected chi connectivity index (χ1v) is 9.33. The van der Waals surface area contributed by atoms with E-state index in [4.69, 9.17) is 4.74 Å². The Morgan fingerprint density at radius 1 is 0.957 bits per heavy atom. The van der Waals surface area contributed by atoms with Crippen LogP contribution in [0.3, 0.4) is 0 Å². The number of benzene rings is 2. The molecule has 0 saturated heterocycles. The van der Waals surface area contributed by atoms with Gasteiger partial charge in [0.2, 0.25) is 10.0 Å². The Labute approximate surface area is 138 Å². The monoisotopic (exact) mass is 333 g/mol. The van der Waals surface area contributed by atoms with Crippen molar-refractivity contribution in [2.45, 2.75) is 20.3 Å². The Morgan fingerprint density at radius 2 is 1.61 bits per heavy atom. The fraction of sp³-hybridized carbons (Fsp3) is 0.333. The molecule has 0 unspecified atom stereocenters. The third kappa shape index (κ3) is 5.69. The van der Waals surface area contributed by atoms with Crippen LogP contribution in [-0.2, 0) is 16.4 Å². The van der Waals surface area contributed by atoms with E-state index in [1.807, 2.05) is 62.4 Å². The molecule has 124 valence electrons. The van der Waals surface area contributed by atoms with E-state index in [1.165, 1.54) is 0 Å². The molecule has 2 aromatic rings. The van der Waals surface area contributed by atoms with E-state index in [2.05, 4.69) is 4.72 Å². The summed E-state index contributed by atoms with van der Waals surface area (Å²) < 4.78 is 32.2. The maximum atomic E-state index is 12.0. The van der Waals surface area contributed by atoms with Gasteiger partial charge in [-0.25, -0.2) is 13.1 Å². The van der Waals surface area contributed by atoms with Gasteiger partial charge in [0.15, 0.2) is 0 Å². The van der Waals surface area contributed by atoms with Gasteiger partial charge in [0.25, 0.3) is 0 Å². The Morgan fingerprint density at radius 3 is 2.26 bits per heavy atom. The van der Waals surface area contributed by atoms with Crippen molar-refractivity contribution in [2.24, 2.45) is 0 Å². The van der Waals surface area contributed by atoms with Crippen LogP contribution >= 0.6 is 0 Å². The van der Waals surface area contributed by atoms with Crippen LogP contribution in [0.2, 0.25) is 0 Å². The van der Waals surface area contributed by atoms with Crippen LogP contribution in [0, 0.1) is 13.8 Å². The zero-order valence-electron chi connectivity index (χ0n) is 13.6. The number of nitrogens with one attached hydrogen (secondary N) is 1. The molecule has 0 radical (unpaired) electrons. The van der Waals surface area contributed by atoms with E-state index in [1.54, 1.807) is 0 Å². The van der Waals surface area contributed by atoms with Crippen LogP contribution < -0.4 is 9.46 Å². The zero-order valence-corrected chi connectivity index (χ0v) is 14.4. The van der Waals surface area contributed by atoms with Gasteiger partial charge in [-0.15, -0.1) is 0 Å². The average molecular weight is 333 g/mol. The van der Waals surface area contributed by atoms with Crippen LogP contribution in [0.1, 0.15) is 16.7 Å². The number of hydrogen-bond acceptors (Lipinski definition) is 3. The van der Waals surface area contributed by atoms with Crippen LogP contribution in [0.15, 0.2) is 48.5 Å². The Balaban J connectivity index is 1.77. The summed E-state index contributed by atoms with van der Waals surface area (Å²) in [5.74, 6) is 0.913. The highest BCUT2D eigenvalue weighted by Crippen LogP contribution is 2.21. The van der Waals surface area contributed by atoms with Gasteiger partial charge in [0, 0.05) is 6.54 Å².